The third kappa shape index (κ3) is 3.78. The number of amides is 2. The monoisotopic (exact) mass is 490 g/mol. The van der Waals surface area contributed by atoms with E-state index in [4.69, 9.17) is 4.98 Å². The van der Waals surface area contributed by atoms with Gasteiger partial charge in [0.05, 0.1) is 39.9 Å². The Bertz CT molecular complexity index is 1510. The van der Waals surface area contributed by atoms with Crippen molar-refractivity contribution in [1.82, 2.24) is 15.0 Å². The first-order chi connectivity index (χ1) is 17.3. The predicted octanol–water partition coefficient (Wildman–Crippen LogP) is 5.65. The van der Waals surface area contributed by atoms with Gasteiger partial charge < -0.3 is 10.2 Å². The van der Waals surface area contributed by atoms with E-state index < -0.39 is 11.7 Å². The highest BCUT2D eigenvalue weighted by Gasteiger charge is 2.40. The highest BCUT2D eigenvalue weighted by molar-refractivity contribution is 6.08. The van der Waals surface area contributed by atoms with Crippen LogP contribution in [0.3, 0.4) is 0 Å². The number of anilines is 3. The van der Waals surface area contributed by atoms with Crippen LogP contribution in [0.2, 0.25) is 0 Å². The number of carbonyl (C=O) groups is 1. The molecule has 2 amide bonds. The highest BCUT2D eigenvalue weighted by Crippen LogP contribution is 2.41. The van der Waals surface area contributed by atoms with Crippen molar-refractivity contribution >= 4 is 34.3 Å². The Kier molecular flexibility index (Phi) is 5.06. The van der Waals surface area contributed by atoms with Crippen LogP contribution in [-0.4, -0.2) is 40.1 Å². The number of aromatic nitrogens is 3. The lowest BCUT2D eigenvalue weighted by molar-refractivity contribution is -0.137. The molecule has 4 heterocycles. The van der Waals surface area contributed by atoms with Crippen LogP contribution in [0.25, 0.3) is 22.3 Å². The van der Waals surface area contributed by atoms with Crippen molar-refractivity contribution < 1.29 is 18.0 Å². The molecule has 2 bridgehead atoms. The molecule has 6 rings (SSSR count). The number of nitrogens with one attached hydrogen (secondary N) is 1. The van der Waals surface area contributed by atoms with Gasteiger partial charge in [-0.25, -0.2) is 14.8 Å². The van der Waals surface area contributed by atoms with E-state index in [0.717, 1.165) is 36.5 Å². The van der Waals surface area contributed by atoms with Gasteiger partial charge in [0.1, 0.15) is 5.52 Å². The van der Waals surface area contributed by atoms with Crippen molar-refractivity contribution in [2.75, 3.05) is 28.2 Å². The zero-order valence-electron chi connectivity index (χ0n) is 19.3. The number of hydrogen-bond donors (Lipinski definition) is 1. The molecule has 1 N–H and O–H groups in total. The maximum Gasteiger partial charge on any atom is 0.416 e. The summed E-state index contributed by atoms with van der Waals surface area (Å²) in [5, 5.41) is 2.96. The van der Waals surface area contributed by atoms with E-state index >= 15 is 0 Å². The maximum absolute atomic E-state index is 13.6. The molecule has 2 aromatic carbocycles. The normalized spacial score (nSPS) is 16.8. The fourth-order valence-corrected chi connectivity index (χ4v) is 4.90. The summed E-state index contributed by atoms with van der Waals surface area (Å²) in [6, 6.07) is 13.5. The molecule has 1 atom stereocenters. The number of pyridine rings is 1. The van der Waals surface area contributed by atoms with Gasteiger partial charge in [-0.1, -0.05) is 18.2 Å². The lowest BCUT2D eigenvalue weighted by atomic mass is 10.1. The van der Waals surface area contributed by atoms with Gasteiger partial charge in [-0.3, -0.25) is 9.88 Å². The molecule has 0 spiro atoms. The van der Waals surface area contributed by atoms with Gasteiger partial charge in [-0.2, -0.15) is 13.2 Å². The molecule has 1 fully saturated rings. The topological polar surface area (TPSA) is 74.2 Å². The van der Waals surface area contributed by atoms with Gasteiger partial charge in [0.15, 0.2) is 5.82 Å². The lowest BCUT2D eigenvalue weighted by Crippen LogP contribution is -2.48. The second-order valence-corrected chi connectivity index (χ2v) is 8.99. The molecule has 36 heavy (non-hydrogen) atoms. The van der Waals surface area contributed by atoms with Crippen molar-refractivity contribution in [3.8, 4) is 11.3 Å². The Hall–Kier alpha value is -4.21. The second kappa shape index (κ2) is 8.18. The van der Waals surface area contributed by atoms with Gasteiger partial charge in [-0.05, 0) is 49.7 Å². The number of para-hydroxylation sites is 1. The molecule has 7 nitrogen and oxygen atoms in total. The summed E-state index contributed by atoms with van der Waals surface area (Å²) in [4.78, 5) is 31.0. The number of benzene rings is 2. The predicted molar refractivity (Wildman–Crippen MR) is 131 cm³/mol. The van der Waals surface area contributed by atoms with Crippen LogP contribution >= 0.6 is 0 Å². The Morgan fingerprint density at radius 3 is 2.75 bits per heavy atom. The Morgan fingerprint density at radius 2 is 1.92 bits per heavy atom. The second-order valence-electron chi connectivity index (χ2n) is 8.99. The van der Waals surface area contributed by atoms with E-state index in [1.54, 1.807) is 35.4 Å². The SMILES string of the molecule is Cc1cnc2c(NC(=O)N3c4nc(-c5cccc(C(F)(F)F)c5)ccc4N4CC[C@@H]3C4)cccc2n1. The zero-order valence-corrected chi connectivity index (χ0v) is 19.3. The van der Waals surface area contributed by atoms with Gasteiger partial charge in [0, 0.05) is 24.8 Å². The van der Waals surface area contributed by atoms with E-state index in [-0.39, 0.29) is 12.1 Å². The quantitative estimate of drug-likeness (QED) is 0.393. The largest absolute Gasteiger partial charge is 0.416 e. The molecule has 2 aromatic heterocycles. The number of rotatable bonds is 2. The number of halogens is 3. The molecule has 182 valence electrons. The first kappa shape index (κ1) is 22.3. The molecule has 2 aliphatic rings. The molecule has 1 saturated heterocycles. The lowest BCUT2D eigenvalue weighted by Gasteiger charge is -2.36. The average molecular weight is 490 g/mol. The van der Waals surface area contributed by atoms with Crippen LogP contribution in [0.5, 0.6) is 0 Å². The summed E-state index contributed by atoms with van der Waals surface area (Å²) >= 11 is 0. The third-order valence-electron chi connectivity index (χ3n) is 6.59. The molecular weight excluding hydrogens is 469 g/mol. The Balaban J connectivity index is 1.39. The Morgan fingerprint density at radius 1 is 1.08 bits per heavy atom. The molecule has 0 unspecified atom stereocenters. The maximum atomic E-state index is 13.6. The minimum Gasteiger partial charge on any atom is -0.366 e. The van der Waals surface area contributed by atoms with E-state index in [9.17, 15) is 18.0 Å². The number of nitrogens with zero attached hydrogens (tertiary/aromatic N) is 5. The van der Waals surface area contributed by atoms with Crippen LogP contribution in [-0.2, 0) is 6.18 Å². The van der Waals surface area contributed by atoms with Crippen molar-refractivity contribution in [3.05, 3.63) is 72.1 Å². The van der Waals surface area contributed by atoms with Crippen LogP contribution in [0, 0.1) is 6.92 Å². The van der Waals surface area contributed by atoms with E-state index in [0.29, 0.717) is 40.3 Å². The molecule has 0 aliphatic carbocycles. The van der Waals surface area contributed by atoms with E-state index in [2.05, 4.69) is 20.2 Å². The molecule has 0 saturated carbocycles. The fourth-order valence-electron chi connectivity index (χ4n) is 4.90. The van der Waals surface area contributed by atoms with Crippen molar-refractivity contribution in [1.29, 1.82) is 0 Å². The van der Waals surface area contributed by atoms with Crippen LogP contribution in [0.4, 0.5) is 35.2 Å². The number of fused-ring (bicyclic) bond motifs is 5. The van der Waals surface area contributed by atoms with Crippen molar-refractivity contribution in [2.45, 2.75) is 25.6 Å². The summed E-state index contributed by atoms with van der Waals surface area (Å²) in [5.74, 6) is 0.429. The average Bonchev–Trinajstić information content (AvgIpc) is 3.27. The molecule has 10 heteroatoms. The van der Waals surface area contributed by atoms with Gasteiger partial charge in [0.25, 0.3) is 0 Å². The molecular formula is C26H21F3N6O. The number of alkyl halides is 3. The standard InChI is InChI=1S/C26H21F3N6O/c1-15-13-30-23-20(31-15)6-3-7-21(23)33-25(36)35-18-10-11-34(14-18)22-9-8-19(32-24(22)35)16-4-2-5-17(12-16)26(27,28)29/h2-9,12-13,18H,10-11,14H2,1H3,(H,33,36)/t18-/m1/s1. The van der Waals surface area contributed by atoms with Crippen LogP contribution in [0.1, 0.15) is 17.7 Å². The van der Waals surface area contributed by atoms with E-state index in [1.807, 2.05) is 19.1 Å². The number of carbonyl (C=O) groups excluding carboxylic acids is 1. The number of aryl methyl sites for hydroxylation is 1. The molecule has 0 radical (unpaired) electrons. The number of hydrogen-bond acceptors (Lipinski definition) is 5. The van der Waals surface area contributed by atoms with Gasteiger partial charge in [0.2, 0.25) is 0 Å². The smallest absolute Gasteiger partial charge is 0.366 e. The number of urea groups is 1. The van der Waals surface area contributed by atoms with Crippen molar-refractivity contribution in [3.63, 3.8) is 0 Å². The van der Waals surface area contributed by atoms with Gasteiger partial charge >= 0.3 is 12.2 Å². The summed E-state index contributed by atoms with van der Waals surface area (Å²) in [5.41, 5.74) is 3.28. The Labute approximate surface area is 204 Å². The highest BCUT2D eigenvalue weighted by atomic mass is 19.4. The summed E-state index contributed by atoms with van der Waals surface area (Å²) < 4.78 is 39.8. The van der Waals surface area contributed by atoms with Crippen molar-refractivity contribution in [2.24, 2.45) is 0 Å². The van der Waals surface area contributed by atoms with Crippen LogP contribution in [0.15, 0.2) is 60.8 Å². The summed E-state index contributed by atoms with van der Waals surface area (Å²) in [7, 11) is 0. The molecule has 2 aliphatic heterocycles. The van der Waals surface area contributed by atoms with E-state index in [1.165, 1.54) is 6.07 Å². The fraction of sp³-hybridized carbons (Fsp3) is 0.231. The molecule has 4 aromatic rings. The summed E-state index contributed by atoms with van der Waals surface area (Å²) in [6.07, 6.45) is -2.05. The van der Waals surface area contributed by atoms with Gasteiger partial charge in [-0.15, -0.1) is 0 Å². The minimum absolute atomic E-state index is 0.106. The van der Waals surface area contributed by atoms with Crippen LogP contribution < -0.4 is 15.1 Å². The summed E-state index contributed by atoms with van der Waals surface area (Å²) in [6.45, 7) is 3.28. The minimum atomic E-state index is -4.46. The first-order valence-corrected chi connectivity index (χ1v) is 11.5. The zero-order chi connectivity index (χ0) is 25.0. The first-order valence-electron chi connectivity index (χ1n) is 11.5. The third-order valence-corrected chi connectivity index (χ3v) is 6.59.